The number of Topliss-reactive ketones (excluding diaryl/α,β-unsaturated/α-hetero) is 1. The zero-order valence-corrected chi connectivity index (χ0v) is 15.7. The van der Waals surface area contributed by atoms with Gasteiger partial charge in [-0.2, -0.15) is 18.3 Å². The van der Waals surface area contributed by atoms with Crippen LogP contribution in [0.4, 0.5) is 13.2 Å². The first-order valence-corrected chi connectivity index (χ1v) is 8.75. The first-order valence-electron chi connectivity index (χ1n) is 8.37. The summed E-state index contributed by atoms with van der Waals surface area (Å²) in [7, 11) is 3.24. The van der Waals surface area contributed by atoms with Gasteiger partial charge in [0.1, 0.15) is 12.3 Å². The smallest absolute Gasteiger partial charge is 0.435 e. The summed E-state index contributed by atoms with van der Waals surface area (Å²) >= 11 is 5.97. The van der Waals surface area contributed by atoms with Gasteiger partial charge in [0, 0.05) is 47.8 Å². The van der Waals surface area contributed by atoms with Crippen molar-refractivity contribution in [3.8, 4) is 5.75 Å². The lowest BCUT2D eigenvalue weighted by Gasteiger charge is -2.23. The minimum atomic E-state index is -4.55. The van der Waals surface area contributed by atoms with Crippen LogP contribution in [0.3, 0.4) is 0 Å². The zero-order valence-electron chi connectivity index (χ0n) is 14.9. The van der Waals surface area contributed by atoms with E-state index in [1.807, 2.05) is 4.90 Å². The quantitative estimate of drug-likeness (QED) is 0.770. The summed E-state index contributed by atoms with van der Waals surface area (Å²) in [6, 6.07) is 4.91. The number of halogens is 4. The maximum absolute atomic E-state index is 13.3. The Balaban J connectivity index is 1.86. The number of fused-ring (bicyclic) bond motifs is 1. The third-order valence-corrected chi connectivity index (χ3v) is 4.78. The third-order valence-electron chi connectivity index (χ3n) is 4.55. The molecule has 0 atom stereocenters. The molecule has 146 valence electrons. The van der Waals surface area contributed by atoms with Gasteiger partial charge in [0.05, 0.1) is 7.11 Å². The number of ether oxygens (including phenoxy) is 1. The third kappa shape index (κ3) is 4.27. The number of alkyl halides is 3. The molecule has 1 aromatic heterocycles. The van der Waals surface area contributed by atoms with E-state index in [4.69, 9.17) is 16.3 Å². The first kappa shape index (κ1) is 19.7. The summed E-state index contributed by atoms with van der Waals surface area (Å²) in [5.74, 6) is 0.237. The minimum absolute atomic E-state index is 0.000376. The van der Waals surface area contributed by atoms with Crippen LogP contribution in [0.15, 0.2) is 18.2 Å². The van der Waals surface area contributed by atoms with E-state index in [0.29, 0.717) is 35.0 Å². The Morgan fingerprint density at radius 2 is 2.11 bits per heavy atom. The van der Waals surface area contributed by atoms with E-state index < -0.39 is 11.9 Å². The summed E-state index contributed by atoms with van der Waals surface area (Å²) in [5.41, 5.74) is 0.320. The van der Waals surface area contributed by atoms with Gasteiger partial charge in [-0.05, 0) is 25.2 Å². The maximum atomic E-state index is 13.3. The van der Waals surface area contributed by atoms with Gasteiger partial charge in [-0.3, -0.25) is 9.48 Å². The lowest BCUT2D eigenvalue weighted by molar-refractivity contribution is -0.142. The molecule has 0 aliphatic carbocycles. The number of likely N-dealkylation sites (N-methyl/N-ethyl adjacent to an activating group) is 1. The Morgan fingerprint density at radius 3 is 2.78 bits per heavy atom. The number of aromatic nitrogens is 2. The van der Waals surface area contributed by atoms with E-state index in [1.165, 1.54) is 11.8 Å². The van der Waals surface area contributed by atoms with Crippen LogP contribution in [0.2, 0.25) is 5.02 Å². The SMILES string of the molecule is COc1ccc(Cl)cc1CC(=O)Cn1nc(C(F)(F)F)c2c1CCN(C)C2. The monoisotopic (exact) mass is 401 g/mol. The van der Waals surface area contributed by atoms with Gasteiger partial charge in [0.2, 0.25) is 0 Å². The van der Waals surface area contributed by atoms with Crippen molar-refractivity contribution in [1.29, 1.82) is 0 Å². The van der Waals surface area contributed by atoms with Crippen LogP contribution in [0.5, 0.6) is 5.75 Å². The van der Waals surface area contributed by atoms with Crippen LogP contribution in [0.1, 0.15) is 22.5 Å². The van der Waals surface area contributed by atoms with Crippen molar-refractivity contribution in [3.05, 3.63) is 45.7 Å². The predicted molar refractivity (Wildman–Crippen MR) is 94.0 cm³/mol. The fraction of sp³-hybridized carbons (Fsp3) is 0.444. The van der Waals surface area contributed by atoms with Crippen molar-refractivity contribution in [2.45, 2.75) is 32.1 Å². The minimum Gasteiger partial charge on any atom is -0.496 e. The summed E-state index contributed by atoms with van der Waals surface area (Å²) in [5, 5.41) is 4.18. The van der Waals surface area contributed by atoms with Gasteiger partial charge in [0.25, 0.3) is 0 Å². The molecule has 0 spiro atoms. The first-order chi connectivity index (χ1) is 12.7. The van der Waals surface area contributed by atoms with Crippen molar-refractivity contribution in [1.82, 2.24) is 14.7 Å². The van der Waals surface area contributed by atoms with E-state index >= 15 is 0 Å². The number of rotatable bonds is 5. The lowest BCUT2D eigenvalue weighted by atomic mass is 10.0. The molecule has 9 heteroatoms. The highest BCUT2D eigenvalue weighted by Crippen LogP contribution is 2.35. The van der Waals surface area contributed by atoms with Crippen LogP contribution in [-0.4, -0.2) is 41.2 Å². The van der Waals surface area contributed by atoms with Gasteiger partial charge in [0.15, 0.2) is 11.5 Å². The van der Waals surface area contributed by atoms with Crippen LogP contribution < -0.4 is 4.74 Å². The number of nitrogens with zero attached hydrogens (tertiary/aromatic N) is 3. The second-order valence-corrected chi connectivity index (χ2v) is 7.03. The fourth-order valence-electron chi connectivity index (χ4n) is 3.30. The molecular formula is C18H19ClF3N3O2. The topological polar surface area (TPSA) is 47.4 Å². The molecule has 2 aromatic rings. The Bertz CT molecular complexity index is 864. The number of carbonyl (C=O) groups is 1. The molecule has 0 saturated heterocycles. The van der Waals surface area contributed by atoms with Gasteiger partial charge in [-0.25, -0.2) is 0 Å². The molecular weight excluding hydrogens is 383 g/mol. The normalized spacial score (nSPS) is 14.9. The number of carbonyl (C=O) groups excluding carboxylic acids is 1. The van der Waals surface area contributed by atoms with E-state index in [1.54, 1.807) is 25.2 Å². The molecule has 27 heavy (non-hydrogen) atoms. The number of hydrogen-bond acceptors (Lipinski definition) is 4. The largest absolute Gasteiger partial charge is 0.496 e. The molecule has 0 fully saturated rings. The van der Waals surface area contributed by atoms with Crippen LogP contribution in [0, 0.1) is 0 Å². The lowest BCUT2D eigenvalue weighted by Crippen LogP contribution is -2.29. The second-order valence-electron chi connectivity index (χ2n) is 6.59. The molecule has 3 rings (SSSR count). The zero-order chi connectivity index (χ0) is 19.8. The molecule has 2 heterocycles. The molecule has 0 radical (unpaired) electrons. The van der Waals surface area contributed by atoms with Gasteiger partial charge >= 0.3 is 6.18 Å². The summed E-state index contributed by atoms with van der Waals surface area (Å²) in [6.07, 6.45) is -4.13. The molecule has 0 N–H and O–H groups in total. The Morgan fingerprint density at radius 1 is 1.37 bits per heavy atom. The van der Waals surface area contributed by atoms with E-state index in [9.17, 15) is 18.0 Å². The van der Waals surface area contributed by atoms with Crippen molar-refractivity contribution in [3.63, 3.8) is 0 Å². The van der Waals surface area contributed by atoms with Crippen molar-refractivity contribution < 1.29 is 22.7 Å². The Kier molecular flexibility index (Phi) is 5.48. The highest BCUT2D eigenvalue weighted by atomic mass is 35.5. The van der Waals surface area contributed by atoms with E-state index in [0.717, 1.165) is 0 Å². The number of methoxy groups -OCH3 is 1. The predicted octanol–water partition coefficient (Wildman–Crippen LogP) is 3.36. The second kappa shape index (κ2) is 7.52. The standard InChI is InChI=1S/C18H19ClF3N3O2/c1-24-6-5-15-14(10-24)17(18(20,21)22)23-25(15)9-13(26)8-11-7-12(19)3-4-16(11)27-2/h3-4,7H,5-6,8-10H2,1-2H3. The summed E-state index contributed by atoms with van der Waals surface area (Å²) < 4.78 is 46.4. The Labute approximate surface area is 159 Å². The van der Waals surface area contributed by atoms with Gasteiger partial charge in [-0.1, -0.05) is 11.6 Å². The molecule has 0 unspecified atom stereocenters. The van der Waals surface area contributed by atoms with Crippen LogP contribution >= 0.6 is 11.6 Å². The number of hydrogen-bond donors (Lipinski definition) is 0. The van der Waals surface area contributed by atoms with Crippen LogP contribution in [0.25, 0.3) is 0 Å². The molecule has 0 amide bonds. The van der Waals surface area contributed by atoms with Crippen molar-refractivity contribution in [2.24, 2.45) is 0 Å². The molecule has 5 nitrogen and oxygen atoms in total. The average molecular weight is 402 g/mol. The van der Waals surface area contributed by atoms with E-state index in [-0.39, 0.29) is 30.9 Å². The van der Waals surface area contributed by atoms with E-state index in [2.05, 4.69) is 5.10 Å². The molecule has 1 aliphatic heterocycles. The summed E-state index contributed by atoms with van der Waals surface area (Å²) in [4.78, 5) is 14.3. The summed E-state index contributed by atoms with van der Waals surface area (Å²) in [6.45, 7) is 0.560. The Hall–Kier alpha value is -2.06. The fourth-order valence-corrected chi connectivity index (χ4v) is 3.50. The van der Waals surface area contributed by atoms with Gasteiger partial charge < -0.3 is 9.64 Å². The van der Waals surface area contributed by atoms with Crippen molar-refractivity contribution >= 4 is 17.4 Å². The number of ketones is 1. The number of benzene rings is 1. The molecule has 0 saturated carbocycles. The van der Waals surface area contributed by atoms with Crippen molar-refractivity contribution in [2.75, 3.05) is 20.7 Å². The highest BCUT2D eigenvalue weighted by Gasteiger charge is 2.40. The average Bonchev–Trinajstić information content (AvgIpc) is 2.93. The highest BCUT2D eigenvalue weighted by molar-refractivity contribution is 6.30. The van der Waals surface area contributed by atoms with Gasteiger partial charge in [-0.15, -0.1) is 0 Å². The van der Waals surface area contributed by atoms with Crippen LogP contribution in [-0.2, 0) is 36.9 Å². The molecule has 1 aromatic carbocycles. The maximum Gasteiger partial charge on any atom is 0.435 e. The molecule has 1 aliphatic rings. The molecule has 0 bridgehead atoms.